The van der Waals surface area contributed by atoms with Gasteiger partial charge in [0.1, 0.15) is 17.4 Å². The second kappa shape index (κ2) is 4.83. The van der Waals surface area contributed by atoms with Gasteiger partial charge in [-0.1, -0.05) is 12.1 Å². The van der Waals surface area contributed by atoms with Gasteiger partial charge in [0.15, 0.2) is 0 Å². The highest BCUT2D eigenvalue weighted by atomic mass is 16.5. The number of rotatable bonds is 2. The lowest BCUT2D eigenvalue weighted by molar-refractivity contribution is 0.00645. The third kappa shape index (κ3) is 2.19. The number of benzene rings is 1. The number of aromatic hydroxyl groups is 1. The Balaban J connectivity index is 1.72. The number of ether oxygens (including phenoxy) is 1. The molecule has 0 saturated carbocycles. The molecular formula is C14H17NO4. The van der Waals surface area contributed by atoms with E-state index in [1.807, 2.05) is 0 Å². The molecule has 1 aromatic rings. The molecule has 102 valence electrons. The van der Waals surface area contributed by atoms with Gasteiger partial charge in [0.05, 0.1) is 12.1 Å². The van der Waals surface area contributed by atoms with Crippen LogP contribution >= 0.6 is 0 Å². The second-order valence-electron chi connectivity index (χ2n) is 5.13. The molecule has 2 saturated heterocycles. The SMILES string of the molecule is O=C(O[C@@H]1CCN2CC[C@H](O)[C@@H]12)c1ccccc1O. The summed E-state index contributed by atoms with van der Waals surface area (Å²) in [6.45, 7) is 1.71. The van der Waals surface area contributed by atoms with E-state index in [9.17, 15) is 15.0 Å². The van der Waals surface area contributed by atoms with E-state index in [4.69, 9.17) is 4.74 Å². The fraction of sp³-hybridized carbons (Fsp3) is 0.500. The van der Waals surface area contributed by atoms with Crippen LogP contribution in [0.2, 0.25) is 0 Å². The molecule has 0 amide bonds. The lowest BCUT2D eigenvalue weighted by Crippen LogP contribution is -2.39. The van der Waals surface area contributed by atoms with Crippen LogP contribution in [0.15, 0.2) is 24.3 Å². The molecule has 2 N–H and O–H groups in total. The number of carbonyl (C=O) groups is 1. The summed E-state index contributed by atoms with van der Waals surface area (Å²) in [5.74, 6) is -0.599. The first-order valence-electron chi connectivity index (χ1n) is 6.58. The molecule has 2 heterocycles. The van der Waals surface area contributed by atoms with Crippen LogP contribution in [0.3, 0.4) is 0 Å². The van der Waals surface area contributed by atoms with Crippen molar-refractivity contribution in [3.05, 3.63) is 29.8 Å². The lowest BCUT2D eigenvalue weighted by Gasteiger charge is -2.23. The first-order valence-corrected chi connectivity index (χ1v) is 6.58. The largest absolute Gasteiger partial charge is 0.507 e. The average molecular weight is 263 g/mol. The Bertz CT molecular complexity index is 490. The van der Waals surface area contributed by atoms with Gasteiger partial charge >= 0.3 is 5.97 Å². The van der Waals surface area contributed by atoms with Gasteiger partial charge in [-0.2, -0.15) is 0 Å². The molecule has 2 fully saturated rings. The molecule has 1 aromatic carbocycles. The number of fused-ring (bicyclic) bond motifs is 1. The van der Waals surface area contributed by atoms with Crippen LogP contribution in [0.5, 0.6) is 5.75 Å². The van der Waals surface area contributed by atoms with E-state index < -0.39 is 12.1 Å². The highest BCUT2D eigenvalue weighted by molar-refractivity contribution is 5.92. The van der Waals surface area contributed by atoms with Crippen molar-refractivity contribution in [1.82, 2.24) is 4.90 Å². The molecular weight excluding hydrogens is 246 g/mol. The van der Waals surface area contributed by atoms with Crippen molar-refractivity contribution in [3.63, 3.8) is 0 Å². The summed E-state index contributed by atoms with van der Waals surface area (Å²) in [6, 6.07) is 6.25. The van der Waals surface area contributed by atoms with E-state index in [1.54, 1.807) is 12.1 Å². The Morgan fingerprint density at radius 3 is 2.79 bits per heavy atom. The third-order valence-electron chi connectivity index (χ3n) is 3.99. The molecule has 5 nitrogen and oxygen atoms in total. The molecule has 0 bridgehead atoms. The summed E-state index contributed by atoms with van der Waals surface area (Å²) in [5.41, 5.74) is 0.174. The van der Waals surface area contributed by atoms with Gasteiger partial charge in [-0.25, -0.2) is 4.79 Å². The van der Waals surface area contributed by atoms with Crippen molar-refractivity contribution < 1.29 is 19.7 Å². The maximum absolute atomic E-state index is 12.0. The fourth-order valence-electron chi connectivity index (χ4n) is 3.04. The Kier molecular flexibility index (Phi) is 3.16. The van der Waals surface area contributed by atoms with Gasteiger partial charge in [-0.15, -0.1) is 0 Å². The summed E-state index contributed by atoms with van der Waals surface area (Å²) in [7, 11) is 0. The summed E-state index contributed by atoms with van der Waals surface area (Å²) in [5, 5.41) is 19.6. The van der Waals surface area contributed by atoms with Crippen molar-refractivity contribution in [3.8, 4) is 5.75 Å². The Morgan fingerprint density at radius 2 is 2.00 bits per heavy atom. The lowest BCUT2D eigenvalue weighted by atomic mass is 10.1. The number of phenolic OH excluding ortho intramolecular Hbond substituents is 1. The zero-order valence-corrected chi connectivity index (χ0v) is 10.5. The Morgan fingerprint density at radius 1 is 1.26 bits per heavy atom. The van der Waals surface area contributed by atoms with Crippen LogP contribution in [-0.4, -0.2) is 52.4 Å². The van der Waals surface area contributed by atoms with Crippen molar-refractivity contribution in [2.45, 2.75) is 31.1 Å². The van der Waals surface area contributed by atoms with Gasteiger partial charge in [-0.05, 0) is 25.0 Å². The summed E-state index contributed by atoms with van der Waals surface area (Å²) < 4.78 is 5.46. The minimum absolute atomic E-state index is 0.0747. The number of aliphatic hydroxyl groups is 1. The maximum Gasteiger partial charge on any atom is 0.342 e. The summed E-state index contributed by atoms with van der Waals surface area (Å²) in [4.78, 5) is 14.2. The smallest absolute Gasteiger partial charge is 0.342 e. The van der Waals surface area contributed by atoms with Crippen LogP contribution < -0.4 is 0 Å². The molecule has 2 aliphatic heterocycles. The molecule has 19 heavy (non-hydrogen) atoms. The predicted molar refractivity (Wildman–Crippen MR) is 67.9 cm³/mol. The normalized spacial score (nSPS) is 30.3. The third-order valence-corrected chi connectivity index (χ3v) is 3.99. The van der Waals surface area contributed by atoms with Crippen molar-refractivity contribution in [2.24, 2.45) is 0 Å². The van der Waals surface area contributed by atoms with E-state index in [0.29, 0.717) is 0 Å². The topological polar surface area (TPSA) is 70.0 Å². The molecule has 0 aromatic heterocycles. The first kappa shape index (κ1) is 12.4. The van der Waals surface area contributed by atoms with Crippen LogP contribution in [0.1, 0.15) is 23.2 Å². The first-order chi connectivity index (χ1) is 9.16. The number of nitrogens with zero attached hydrogens (tertiary/aromatic N) is 1. The van der Waals surface area contributed by atoms with Crippen LogP contribution in [0, 0.1) is 0 Å². The zero-order chi connectivity index (χ0) is 13.4. The van der Waals surface area contributed by atoms with E-state index in [-0.39, 0.29) is 23.5 Å². The van der Waals surface area contributed by atoms with Crippen LogP contribution in [-0.2, 0) is 4.74 Å². The number of hydrogen-bond acceptors (Lipinski definition) is 5. The summed E-state index contributed by atoms with van der Waals surface area (Å²) in [6.07, 6.45) is 0.755. The number of phenols is 1. The minimum Gasteiger partial charge on any atom is -0.507 e. The monoisotopic (exact) mass is 263 g/mol. The number of hydrogen-bond donors (Lipinski definition) is 2. The molecule has 0 unspecified atom stereocenters. The fourth-order valence-corrected chi connectivity index (χ4v) is 3.04. The summed E-state index contributed by atoms with van der Waals surface area (Å²) >= 11 is 0. The van der Waals surface area contributed by atoms with Crippen molar-refractivity contribution in [2.75, 3.05) is 13.1 Å². The number of esters is 1. The molecule has 3 rings (SSSR count). The van der Waals surface area contributed by atoms with Crippen molar-refractivity contribution >= 4 is 5.97 Å². The van der Waals surface area contributed by atoms with E-state index in [0.717, 1.165) is 25.9 Å². The van der Waals surface area contributed by atoms with Gasteiger partial charge in [0, 0.05) is 13.1 Å². The Labute approximate surface area is 111 Å². The predicted octanol–water partition coefficient (Wildman–Crippen LogP) is 0.756. The van der Waals surface area contributed by atoms with Crippen LogP contribution in [0.25, 0.3) is 0 Å². The highest BCUT2D eigenvalue weighted by Gasteiger charge is 2.45. The van der Waals surface area contributed by atoms with Gasteiger partial charge in [-0.3, -0.25) is 4.90 Å². The molecule has 5 heteroatoms. The number of para-hydroxylation sites is 1. The zero-order valence-electron chi connectivity index (χ0n) is 10.5. The second-order valence-corrected chi connectivity index (χ2v) is 5.13. The average Bonchev–Trinajstić information content (AvgIpc) is 2.95. The quantitative estimate of drug-likeness (QED) is 0.771. The molecule has 0 spiro atoms. The highest BCUT2D eigenvalue weighted by Crippen LogP contribution is 2.31. The van der Waals surface area contributed by atoms with E-state index >= 15 is 0 Å². The molecule has 3 atom stereocenters. The van der Waals surface area contributed by atoms with Gasteiger partial charge in [0.2, 0.25) is 0 Å². The molecule has 2 aliphatic rings. The minimum atomic E-state index is -0.524. The standard InChI is InChI=1S/C14H17NO4/c16-10-4-2-1-3-9(10)14(18)19-12-6-8-15-7-5-11(17)13(12)15/h1-4,11-13,16-17H,5-8H2/t11-,12+,13-/m0/s1. The number of aliphatic hydroxyl groups excluding tert-OH is 1. The van der Waals surface area contributed by atoms with Crippen molar-refractivity contribution in [1.29, 1.82) is 0 Å². The molecule has 0 radical (unpaired) electrons. The maximum atomic E-state index is 12.0. The van der Waals surface area contributed by atoms with Gasteiger partial charge in [0.25, 0.3) is 0 Å². The van der Waals surface area contributed by atoms with Crippen LogP contribution in [0.4, 0.5) is 0 Å². The molecule has 0 aliphatic carbocycles. The van der Waals surface area contributed by atoms with E-state index in [2.05, 4.69) is 4.90 Å². The van der Waals surface area contributed by atoms with Gasteiger partial charge < -0.3 is 14.9 Å². The van der Waals surface area contributed by atoms with E-state index in [1.165, 1.54) is 12.1 Å². The Hall–Kier alpha value is -1.59. The number of carbonyl (C=O) groups excluding carboxylic acids is 1.